The first-order valence-corrected chi connectivity index (χ1v) is 5.33. The van der Waals surface area contributed by atoms with Crippen molar-refractivity contribution in [3.8, 4) is 11.1 Å². The van der Waals surface area contributed by atoms with E-state index in [1.165, 1.54) is 6.21 Å². The molecule has 0 saturated heterocycles. The number of nitrogens with zero attached hydrogens (tertiary/aromatic N) is 1. The highest BCUT2D eigenvalue weighted by Crippen LogP contribution is 2.26. The summed E-state index contributed by atoms with van der Waals surface area (Å²) in [5.41, 5.74) is 2.19. The average molecular weight is 241 g/mol. The van der Waals surface area contributed by atoms with Crippen LogP contribution < -0.4 is 0 Å². The number of benzene rings is 2. The van der Waals surface area contributed by atoms with Crippen molar-refractivity contribution in [3.05, 3.63) is 59.7 Å². The van der Waals surface area contributed by atoms with E-state index in [2.05, 4.69) is 5.16 Å². The fourth-order valence-corrected chi connectivity index (χ4v) is 1.82. The topological polar surface area (TPSA) is 69.9 Å². The molecule has 0 atom stereocenters. The van der Waals surface area contributed by atoms with Gasteiger partial charge in [0, 0.05) is 5.56 Å². The van der Waals surface area contributed by atoms with Gasteiger partial charge in [-0.05, 0) is 17.2 Å². The maximum atomic E-state index is 11.2. The smallest absolute Gasteiger partial charge is 0.336 e. The lowest BCUT2D eigenvalue weighted by atomic mass is 9.96. The van der Waals surface area contributed by atoms with Crippen LogP contribution in [0.1, 0.15) is 15.9 Å². The van der Waals surface area contributed by atoms with E-state index in [-0.39, 0.29) is 5.56 Å². The van der Waals surface area contributed by atoms with Gasteiger partial charge in [0.25, 0.3) is 0 Å². The summed E-state index contributed by atoms with van der Waals surface area (Å²) in [6, 6.07) is 13.9. The van der Waals surface area contributed by atoms with Crippen molar-refractivity contribution in [2.75, 3.05) is 0 Å². The predicted molar refractivity (Wildman–Crippen MR) is 68.2 cm³/mol. The van der Waals surface area contributed by atoms with Crippen LogP contribution in [0.3, 0.4) is 0 Å². The Hall–Kier alpha value is -2.62. The zero-order valence-corrected chi connectivity index (χ0v) is 9.45. The van der Waals surface area contributed by atoms with E-state index < -0.39 is 5.97 Å². The Balaban J connectivity index is 2.66. The summed E-state index contributed by atoms with van der Waals surface area (Å²) in [5.74, 6) is -0.985. The van der Waals surface area contributed by atoms with Crippen molar-refractivity contribution in [3.63, 3.8) is 0 Å². The third kappa shape index (κ3) is 2.22. The minimum atomic E-state index is -0.985. The zero-order valence-electron chi connectivity index (χ0n) is 9.45. The number of hydrogen-bond donors (Lipinski definition) is 2. The van der Waals surface area contributed by atoms with Crippen LogP contribution >= 0.6 is 0 Å². The van der Waals surface area contributed by atoms with E-state index in [1.807, 2.05) is 6.07 Å². The number of carboxylic acids is 1. The lowest BCUT2D eigenvalue weighted by Gasteiger charge is -2.08. The van der Waals surface area contributed by atoms with E-state index in [9.17, 15) is 4.79 Å². The molecule has 0 radical (unpaired) electrons. The molecule has 90 valence electrons. The molecule has 4 nitrogen and oxygen atoms in total. The van der Waals surface area contributed by atoms with Gasteiger partial charge in [0.2, 0.25) is 0 Å². The summed E-state index contributed by atoms with van der Waals surface area (Å²) in [7, 11) is 0. The first kappa shape index (κ1) is 11.9. The summed E-state index contributed by atoms with van der Waals surface area (Å²) >= 11 is 0. The molecule has 0 saturated carbocycles. The van der Waals surface area contributed by atoms with Crippen molar-refractivity contribution in [1.29, 1.82) is 0 Å². The molecule has 2 aromatic carbocycles. The Morgan fingerprint density at radius 3 is 2.28 bits per heavy atom. The normalized spacial score (nSPS) is 10.7. The fraction of sp³-hybridized carbons (Fsp3) is 0. The Bertz CT molecular complexity index is 605. The molecule has 2 N–H and O–H groups in total. The maximum Gasteiger partial charge on any atom is 0.336 e. The Morgan fingerprint density at radius 1 is 1.00 bits per heavy atom. The van der Waals surface area contributed by atoms with Crippen LogP contribution in [-0.2, 0) is 0 Å². The lowest BCUT2D eigenvalue weighted by molar-refractivity contribution is 0.0697. The fourth-order valence-electron chi connectivity index (χ4n) is 1.82. The van der Waals surface area contributed by atoms with Crippen molar-refractivity contribution < 1.29 is 15.1 Å². The van der Waals surface area contributed by atoms with Gasteiger partial charge in [-0.15, -0.1) is 0 Å². The van der Waals surface area contributed by atoms with Crippen LogP contribution in [0.15, 0.2) is 53.7 Å². The second-order valence-electron chi connectivity index (χ2n) is 3.68. The van der Waals surface area contributed by atoms with Gasteiger partial charge in [-0.2, -0.15) is 0 Å². The van der Waals surface area contributed by atoms with E-state index in [0.717, 1.165) is 0 Å². The molecule has 0 bridgehead atoms. The summed E-state index contributed by atoms with van der Waals surface area (Å²) in [6.45, 7) is 0. The number of carbonyl (C=O) groups is 1. The molecule has 4 heteroatoms. The number of carboxylic acid groups (broad SMARTS) is 1. The van der Waals surface area contributed by atoms with Crippen LogP contribution in [0.4, 0.5) is 0 Å². The molecule has 0 unspecified atom stereocenters. The van der Waals surface area contributed by atoms with Crippen molar-refractivity contribution >= 4 is 12.2 Å². The zero-order chi connectivity index (χ0) is 13.0. The molecule has 0 aliphatic heterocycles. The van der Waals surface area contributed by atoms with E-state index in [1.54, 1.807) is 42.5 Å². The molecule has 0 spiro atoms. The molecule has 0 aliphatic carbocycles. The minimum absolute atomic E-state index is 0.219. The molecular weight excluding hydrogens is 230 g/mol. The Morgan fingerprint density at radius 2 is 1.61 bits per heavy atom. The van der Waals surface area contributed by atoms with Crippen LogP contribution in [0.25, 0.3) is 11.1 Å². The maximum absolute atomic E-state index is 11.2. The quantitative estimate of drug-likeness (QED) is 0.493. The monoisotopic (exact) mass is 241 g/mol. The predicted octanol–water partition coefficient (Wildman–Crippen LogP) is 2.86. The Labute approximate surface area is 104 Å². The minimum Gasteiger partial charge on any atom is -0.478 e. The molecule has 0 fully saturated rings. The molecular formula is C14H11NO3. The van der Waals surface area contributed by atoms with Crippen LogP contribution in [0.5, 0.6) is 0 Å². The highest BCUT2D eigenvalue weighted by atomic mass is 16.4. The molecule has 18 heavy (non-hydrogen) atoms. The standard InChI is InChI=1S/C14H11NO3/c16-14(17)13-8-4-3-7-12(13)11-6-2-1-5-10(11)9-15-18/h1-9,18H,(H,16,17)/b15-9+. The van der Waals surface area contributed by atoms with Crippen LogP contribution in [0.2, 0.25) is 0 Å². The SMILES string of the molecule is O=C(O)c1ccccc1-c1ccccc1/C=N/O. The van der Waals surface area contributed by atoms with Gasteiger partial charge in [0.15, 0.2) is 0 Å². The largest absolute Gasteiger partial charge is 0.478 e. The summed E-state index contributed by atoms with van der Waals surface area (Å²) in [5, 5.41) is 20.8. The molecule has 0 aliphatic rings. The molecule has 0 amide bonds. The van der Waals surface area contributed by atoms with Gasteiger partial charge in [0.1, 0.15) is 0 Å². The van der Waals surface area contributed by atoms with Gasteiger partial charge in [0.05, 0.1) is 11.8 Å². The number of aromatic carboxylic acids is 1. The van der Waals surface area contributed by atoms with Crippen LogP contribution in [0, 0.1) is 0 Å². The van der Waals surface area contributed by atoms with Crippen molar-refractivity contribution in [2.45, 2.75) is 0 Å². The molecule has 2 aromatic rings. The van der Waals surface area contributed by atoms with E-state index >= 15 is 0 Å². The third-order valence-electron chi connectivity index (χ3n) is 2.61. The van der Waals surface area contributed by atoms with E-state index in [4.69, 9.17) is 10.3 Å². The highest BCUT2D eigenvalue weighted by Gasteiger charge is 2.12. The van der Waals surface area contributed by atoms with Gasteiger partial charge in [-0.25, -0.2) is 4.79 Å². The average Bonchev–Trinajstić information content (AvgIpc) is 2.40. The lowest BCUT2D eigenvalue weighted by Crippen LogP contribution is -2.00. The van der Waals surface area contributed by atoms with Crippen LogP contribution in [-0.4, -0.2) is 22.5 Å². The molecule has 0 aromatic heterocycles. The number of rotatable bonds is 3. The molecule has 2 rings (SSSR count). The summed E-state index contributed by atoms with van der Waals surface area (Å²) < 4.78 is 0. The van der Waals surface area contributed by atoms with Crippen molar-refractivity contribution in [2.24, 2.45) is 5.16 Å². The summed E-state index contributed by atoms with van der Waals surface area (Å²) in [4.78, 5) is 11.2. The van der Waals surface area contributed by atoms with Gasteiger partial charge in [-0.3, -0.25) is 0 Å². The van der Waals surface area contributed by atoms with Crippen molar-refractivity contribution in [1.82, 2.24) is 0 Å². The second kappa shape index (κ2) is 5.14. The first-order chi connectivity index (χ1) is 8.74. The number of oxime groups is 1. The van der Waals surface area contributed by atoms with E-state index in [0.29, 0.717) is 16.7 Å². The highest BCUT2D eigenvalue weighted by molar-refractivity contribution is 5.99. The van der Waals surface area contributed by atoms with Gasteiger partial charge >= 0.3 is 5.97 Å². The van der Waals surface area contributed by atoms with Gasteiger partial charge in [-0.1, -0.05) is 47.6 Å². The first-order valence-electron chi connectivity index (χ1n) is 5.33. The third-order valence-corrected chi connectivity index (χ3v) is 2.61. The summed E-state index contributed by atoms with van der Waals surface area (Å²) in [6.07, 6.45) is 1.29. The number of hydrogen-bond acceptors (Lipinski definition) is 3. The molecule has 0 heterocycles. The van der Waals surface area contributed by atoms with Gasteiger partial charge < -0.3 is 10.3 Å². The second-order valence-corrected chi connectivity index (χ2v) is 3.68. The Kier molecular flexibility index (Phi) is 3.38.